The van der Waals surface area contributed by atoms with E-state index in [4.69, 9.17) is 0 Å². The Labute approximate surface area is 175 Å². The molecule has 0 spiro atoms. The van der Waals surface area contributed by atoms with Crippen molar-refractivity contribution in [2.75, 3.05) is 30.4 Å². The molecule has 0 bridgehead atoms. The number of sulfonamides is 1. The van der Waals surface area contributed by atoms with Gasteiger partial charge in [0.1, 0.15) is 5.82 Å². The number of para-hydroxylation sites is 1. The van der Waals surface area contributed by atoms with Gasteiger partial charge in [-0.2, -0.15) is 0 Å². The number of benzene rings is 3. The minimum atomic E-state index is -3.89. The molecule has 1 atom stereocenters. The zero-order valence-corrected chi connectivity index (χ0v) is 17.5. The van der Waals surface area contributed by atoms with Gasteiger partial charge in [0.2, 0.25) is 15.9 Å². The monoisotopic (exact) mass is 427 g/mol. The Morgan fingerprint density at radius 1 is 1.00 bits per heavy atom. The molecule has 1 unspecified atom stereocenters. The summed E-state index contributed by atoms with van der Waals surface area (Å²) >= 11 is 0. The second-order valence-corrected chi connectivity index (χ2v) is 9.18. The summed E-state index contributed by atoms with van der Waals surface area (Å²) in [7, 11) is -0.0962. The number of halogens is 1. The average Bonchev–Trinajstić information content (AvgIpc) is 3.06. The lowest BCUT2D eigenvalue weighted by atomic mass is 10.1. The number of hydrogen-bond donors (Lipinski definition) is 1. The van der Waals surface area contributed by atoms with E-state index in [-0.39, 0.29) is 29.5 Å². The molecule has 156 valence electrons. The second kappa shape index (κ2) is 7.70. The van der Waals surface area contributed by atoms with Crippen LogP contribution in [0.1, 0.15) is 6.42 Å². The highest BCUT2D eigenvalue weighted by Crippen LogP contribution is 2.31. The first kappa shape index (κ1) is 20.3. The summed E-state index contributed by atoms with van der Waals surface area (Å²) in [6.45, 7) is 0.0761. The van der Waals surface area contributed by atoms with Gasteiger partial charge in [-0.25, -0.2) is 17.5 Å². The molecular formula is C22H22FN3O3S. The summed E-state index contributed by atoms with van der Waals surface area (Å²) in [4.78, 5) is 15.8. The van der Waals surface area contributed by atoms with Gasteiger partial charge in [0.05, 0.1) is 10.6 Å². The molecule has 30 heavy (non-hydrogen) atoms. The Bertz CT molecular complexity index is 1230. The standard InChI is InChI=1S/C22H22FN3O3S/c1-25(2)19-11-5-8-17-16(19)7-6-12-21(17)30(28,29)24-15-13-22(27)26(14-15)20-10-4-3-9-18(20)23/h3-12,15,24H,13-14H2,1-2H3. The Kier molecular flexibility index (Phi) is 5.21. The topological polar surface area (TPSA) is 69.7 Å². The van der Waals surface area contributed by atoms with Gasteiger partial charge in [0.15, 0.2) is 0 Å². The van der Waals surface area contributed by atoms with Crippen molar-refractivity contribution in [2.45, 2.75) is 17.4 Å². The molecule has 1 N–H and O–H groups in total. The average molecular weight is 428 g/mol. The van der Waals surface area contributed by atoms with Crippen LogP contribution in [0.25, 0.3) is 10.8 Å². The first-order valence-electron chi connectivity index (χ1n) is 9.54. The molecule has 1 saturated heterocycles. The van der Waals surface area contributed by atoms with Crippen LogP contribution in [0.3, 0.4) is 0 Å². The third kappa shape index (κ3) is 3.64. The van der Waals surface area contributed by atoms with Crippen LogP contribution in [-0.2, 0) is 14.8 Å². The summed E-state index contributed by atoms with van der Waals surface area (Å²) in [5.74, 6) is -0.833. The highest BCUT2D eigenvalue weighted by Gasteiger charge is 2.35. The van der Waals surface area contributed by atoms with Crippen LogP contribution in [0.2, 0.25) is 0 Å². The first-order chi connectivity index (χ1) is 14.3. The van der Waals surface area contributed by atoms with E-state index in [0.29, 0.717) is 5.39 Å². The minimum Gasteiger partial charge on any atom is -0.377 e. The fraction of sp³-hybridized carbons (Fsp3) is 0.227. The van der Waals surface area contributed by atoms with E-state index in [0.717, 1.165) is 11.1 Å². The number of nitrogens with zero attached hydrogens (tertiary/aromatic N) is 2. The highest BCUT2D eigenvalue weighted by molar-refractivity contribution is 7.89. The quantitative estimate of drug-likeness (QED) is 0.679. The van der Waals surface area contributed by atoms with Crippen LogP contribution in [0.5, 0.6) is 0 Å². The maximum atomic E-state index is 14.1. The molecule has 0 radical (unpaired) electrons. The molecule has 0 aromatic heterocycles. The van der Waals surface area contributed by atoms with Crippen LogP contribution in [-0.4, -0.2) is 41.0 Å². The number of carbonyl (C=O) groups is 1. The van der Waals surface area contributed by atoms with Crippen molar-refractivity contribution in [3.63, 3.8) is 0 Å². The highest BCUT2D eigenvalue weighted by atomic mass is 32.2. The van der Waals surface area contributed by atoms with Crippen molar-refractivity contribution >= 4 is 38.1 Å². The van der Waals surface area contributed by atoms with E-state index in [2.05, 4.69) is 4.72 Å². The summed E-state index contributed by atoms with van der Waals surface area (Å²) in [5.41, 5.74) is 1.07. The molecule has 0 aliphatic carbocycles. The van der Waals surface area contributed by atoms with Gasteiger partial charge in [-0.15, -0.1) is 0 Å². The van der Waals surface area contributed by atoms with Crippen molar-refractivity contribution in [2.24, 2.45) is 0 Å². The molecule has 0 saturated carbocycles. The largest absolute Gasteiger partial charge is 0.377 e. The normalized spacial score (nSPS) is 17.0. The first-order valence-corrected chi connectivity index (χ1v) is 11.0. The lowest BCUT2D eigenvalue weighted by Crippen LogP contribution is -2.37. The van der Waals surface area contributed by atoms with Crippen molar-refractivity contribution in [3.8, 4) is 0 Å². The Morgan fingerprint density at radius 2 is 1.70 bits per heavy atom. The Morgan fingerprint density at radius 3 is 2.43 bits per heavy atom. The number of rotatable bonds is 5. The fourth-order valence-corrected chi connectivity index (χ4v) is 5.31. The van der Waals surface area contributed by atoms with Gasteiger partial charge in [0.25, 0.3) is 0 Å². The van der Waals surface area contributed by atoms with Crippen LogP contribution < -0.4 is 14.5 Å². The lowest BCUT2D eigenvalue weighted by molar-refractivity contribution is -0.117. The van der Waals surface area contributed by atoms with Crippen molar-refractivity contribution in [1.82, 2.24) is 4.72 Å². The molecule has 4 rings (SSSR count). The second-order valence-electron chi connectivity index (χ2n) is 7.50. The van der Waals surface area contributed by atoms with E-state index in [1.165, 1.54) is 17.0 Å². The predicted octanol–water partition coefficient (Wildman–Crippen LogP) is 3.13. The van der Waals surface area contributed by atoms with E-state index in [9.17, 15) is 17.6 Å². The lowest BCUT2D eigenvalue weighted by Gasteiger charge is -2.19. The molecule has 8 heteroatoms. The summed E-state index contributed by atoms with van der Waals surface area (Å²) < 4.78 is 43.1. The van der Waals surface area contributed by atoms with Crippen LogP contribution in [0, 0.1) is 5.82 Å². The molecule has 3 aromatic rings. The molecule has 6 nitrogen and oxygen atoms in total. The predicted molar refractivity (Wildman–Crippen MR) is 116 cm³/mol. The number of amides is 1. The van der Waals surface area contributed by atoms with Gasteiger partial charge in [-0.1, -0.05) is 36.4 Å². The SMILES string of the molecule is CN(C)c1cccc2c(S(=O)(=O)NC3CC(=O)N(c4ccccc4F)C3)cccc12. The maximum Gasteiger partial charge on any atom is 0.241 e. The number of hydrogen-bond acceptors (Lipinski definition) is 4. The molecule has 1 aliphatic heterocycles. The van der Waals surface area contributed by atoms with E-state index < -0.39 is 21.9 Å². The number of anilines is 2. The molecule has 3 aromatic carbocycles. The van der Waals surface area contributed by atoms with Crippen molar-refractivity contribution < 1.29 is 17.6 Å². The van der Waals surface area contributed by atoms with Crippen molar-refractivity contribution in [1.29, 1.82) is 0 Å². The summed E-state index contributed by atoms with van der Waals surface area (Å²) in [6.07, 6.45) is -0.0265. The van der Waals surface area contributed by atoms with Gasteiger partial charge in [-0.05, 0) is 24.3 Å². The smallest absolute Gasteiger partial charge is 0.241 e. The van der Waals surface area contributed by atoms with Crippen LogP contribution in [0.15, 0.2) is 65.6 Å². The van der Waals surface area contributed by atoms with E-state index in [1.54, 1.807) is 30.3 Å². The van der Waals surface area contributed by atoms with Gasteiger partial charge in [-0.3, -0.25) is 4.79 Å². The number of nitrogens with one attached hydrogen (secondary N) is 1. The maximum absolute atomic E-state index is 14.1. The molecule has 1 amide bonds. The summed E-state index contributed by atoms with van der Waals surface area (Å²) in [5, 5.41) is 1.42. The van der Waals surface area contributed by atoms with Crippen LogP contribution in [0.4, 0.5) is 15.8 Å². The van der Waals surface area contributed by atoms with Gasteiger partial charge < -0.3 is 9.80 Å². The zero-order valence-electron chi connectivity index (χ0n) is 16.7. The molecule has 1 heterocycles. The van der Waals surface area contributed by atoms with E-state index >= 15 is 0 Å². The van der Waals surface area contributed by atoms with Gasteiger partial charge in [0, 0.05) is 49.6 Å². The minimum absolute atomic E-state index is 0.0265. The van der Waals surface area contributed by atoms with E-state index in [1.807, 2.05) is 37.2 Å². The number of carbonyl (C=O) groups excluding carboxylic acids is 1. The third-order valence-corrected chi connectivity index (χ3v) is 6.80. The van der Waals surface area contributed by atoms with Crippen LogP contribution >= 0.6 is 0 Å². The third-order valence-electron chi connectivity index (χ3n) is 5.22. The molecule has 1 aliphatic rings. The molecular weight excluding hydrogens is 405 g/mol. The Balaban J connectivity index is 1.64. The summed E-state index contributed by atoms with van der Waals surface area (Å²) in [6, 6.07) is 16.0. The Hall–Kier alpha value is -2.97. The number of fused-ring (bicyclic) bond motifs is 1. The van der Waals surface area contributed by atoms with Crippen molar-refractivity contribution in [3.05, 3.63) is 66.5 Å². The van der Waals surface area contributed by atoms with Gasteiger partial charge >= 0.3 is 0 Å². The molecule has 1 fully saturated rings. The zero-order chi connectivity index (χ0) is 21.5. The fourth-order valence-electron chi connectivity index (χ4n) is 3.86.